The van der Waals surface area contributed by atoms with Crippen LogP contribution < -0.4 is 14.9 Å². The Balaban J connectivity index is 1.60. The minimum absolute atomic E-state index is 0.121. The van der Waals surface area contributed by atoms with Gasteiger partial charge in [0, 0.05) is 31.2 Å². The topological polar surface area (TPSA) is 105 Å². The largest absolute Gasteiger partial charge is 0.466 e. The average molecular weight is 556 g/mol. The van der Waals surface area contributed by atoms with E-state index < -0.39 is 10.0 Å². The van der Waals surface area contributed by atoms with E-state index in [1.165, 1.54) is 5.56 Å². The van der Waals surface area contributed by atoms with E-state index in [1.807, 2.05) is 23.1 Å². The number of ether oxygens (including phenoxy) is 1. The highest BCUT2D eigenvalue weighted by Gasteiger charge is 2.32. The van der Waals surface area contributed by atoms with Crippen molar-refractivity contribution in [2.45, 2.75) is 82.6 Å². The lowest BCUT2D eigenvalue weighted by Crippen LogP contribution is -2.38. The van der Waals surface area contributed by atoms with E-state index in [4.69, 9.17) is 4.74 Å². The number of piperidine rings is 1. The molecular weight excluding hydrogens is 514 g/mol. The molecule has 2 aromatic rings. The van der Waals surface area contributed by atoms with Crippen molar-refractivity contribution in [3.63, 3.8) is 0 Å². The number of nitrogens with zero attached hydrogens (tertiary/aromatic N) is 1. The second-order valence-electron chi connectivity index (χ2n) is 10.5. The summed E-state index contributed by atoms with van der Waals surface area (Å²) in [4.78, 5) is 26.9. The SMILES string of the molecule is CCCCCC(=O)Nc1ccc(N2CCC(C(=O)OCC)CC2)c(S(=O)(=O)N[C@@H]2CCCc3ccccc32)c1. The molecule has 0 bridgehead atoms. The van der Waals surface area contributed by atoms with Gasteiger partial charge in [0.2, 0.25) is 15.9 Å². The molecule has 2 N–H and O–H groups in total. The fourth-order valence-electron chi connectivity index (χ4n) is 5.57. The third-order valence-electron chi connectivity index (χ3n) is 7.66. The Kier molecular flexibility index (Phi) is 10.0. The molecule has 0 unspecified atom stereocenters. The van der Waals surface area contributed by atoms with Crippen molar-refractivity contribution in [2.75, 3.05) is 29.9 Å². The first-order chi connectivity index (χ1) is 18.8. The third kappa shape index (κ3) is 7.39. The average Bonchev–Trinajstić information content (AvgIpc) is 2.93. The molecule has 1 fully saturated rings. The van der Waals surface area contributed by atoms with E-state index in [2.05, 4.69) is 23.0 Å². The molecule has 1 heterocycles. The zero-order valence-corrected chi connectivity index (χ0v) is 23.9. The summed E-state index contributed by atoms with van der Waals surface area (Å²) < 4.78 is 36.1. The number of hydrogen-bond acceptors (Lipinski definition) is 6. The molecule has 0 aromatic heterocycles. The lowest BCUT2D eigenvalue weighted by Gasteiger charge is -2.34. The maximum absolute atomic E-state index is 14.0. The molecule has 9 heteroatoms. The number of rotatable bonds is 11. The number of nitrogens with one attached hydrogen (secondary N) is 2. The zero-order chi connectivity index (χ0) is 27.8. The number of aryl methyl sites for hydroxylation is 1. The first kappa shape index (κ1) is 29.1. The predicted octanol–water partition coefficient (Wildman–Crippen LogP) is 5.34. The van der Waals surface area contributed by atoms with Crippen molar-refractivity contribution in [3.8, 4) is 0 Å². The van der Waals surface area contributed by atoms with Crippen LogP contribution in [-0.4, -0.2) is 40.0 Å². The van der Waals surface area contributed by atoms with Crippen LogP contribution in [0.25, 0.3) is 0 Å². The molecule has 4 rings (SSSR count). The summed E-state index contributed by atoms with van der Waals surface area (Å²) in [5.74, 6) is -0.493. The summed E-state index contributed by atoms with van der Waals surface area (Å²) in [6.07, 6.45) is 6.95. The van der Waals surface area contributed by atoms with Crippen LogP contribution >= 0.6 is 0 Å². The molecule has 2 aliphatic rings. The molecule has 1 saturated heterocycles. The number of esters is 1. The van der Waals surface area contributed by atoms with Crippen molar-refractivity contribution >= 4 is 33.3 Å². The highest BCUT2D eigenvalue weighted by atomic mass is 32.2. The normalized spacial score (nSPS) is 17.9. The van der Waals surface area contributed by atoms with Gasteiger partial charge >= 0.3 is 5.97 Å². The van der Waals surface area contributed by atoms with Crippen molar-refractivity contribution in [3.05, 3.63) is 53.6 Å². The number of hydrogen-bond donors (Lipinski definition) is 2. The summed E-state index contributed by atoms with van der Waals surface area (Å²) in [5, 5.41) is 2.89. The second-order valence-corrected chi connectivity index (χ2v) is 12.1. The van der Waals surface area contributed by atoms with E-state index >= 15 is 0 Å². The molecule has 1 atom stereocenters. The van der Waals surface area contributed by atoms with Crippen molar-refractivity contribution in [1.82, 2.24) is 4.72 Å². The van der Waals surface area contributed by atoms with Gasteiger partial charge in [-0.3, -0.25) is 9.59 Å². The Hall–Kier alpha value is -2.91. The molecule has 1 amide bonds. The Bertz CT molecular complexity index is 1250. The Morgan fingerprint density at radius 3 is 2.54 bits per heavy atom. The Morgan fingerprint density at radius 1 is 1.03 bits per heavy atom. The molecule has 0 spiro atoms. The molecule has 0 saturated carbocycles. The number of carbonyl (C=O) groups is 2. The molecule has 0 radical (unpaired) electrons. The van der Waals surface area contributed by atoms with E-state index in [0.717, 1.165) is 44.1 Å². The summed E-state index contributed by atoms with van der Waals surface area (Å²) in [5.41, 5.74) is 3.24. The molecule has 1 aliphatic carbocycles. The number of sulfonamides is 1. The Morgan fingerprint density at radius 2 is 1.79 bits per heavy atom. The summed E-state index contributed by atoms with van der Waals surface area (Å²) in [7, 11) is -3.93. The second kappa shape index (κ2) is 13.4. The predicted molar refractivity (Wildman–Crippen MR) is 153 cm³/mol. The van der Waals surface area contributed by atoms with Gasteiger partial charge in [0.15, 0.2) is 0 Å². The van der Waals surface area contributed by atoms with Crippen molar-refractivity contribution < 1.29 is 22.7 Å². The van der Waals surface area contributed by atoms with Gasteiger partial charge in [0.25, 0.3) is 0 Å². The van der Waals surface area contributed by atoms with Crippen LogP contribution in [0, 0.1) is 5.92 Å². The van der Waals surface area contributed by atoms with Crippen LogP contribution in [0.1, 0.15) is 82.4 Å². The first-order valence-corrected chi connectivity index (χ1v) is 15.8. The third-order valence-corrected chi connectivity index (χ3v) is 9.16. The van der Waals surface area contributed by atoms with Crippen LogP contribution in [0.5, 0.6) is 0 Å². The molecule has 2 aromatic carbocycles. The minimum atomic E-state index is -3.93. The van der Waals surface area contributed by atoms with E-state index in [0.29, 0.717) is 50.3 Å². The van der Waals surface area contributed by atoms with Gasteiger partial charge in [-0.25, -0.2) is 13.1 Å². The number of anilines is 2. The van der Waals surface area contributed by atoms with Crippen LogP contribution in [-0.2, 0) is 30.8 Å². The highest BCUT2D eigenvalue weighted by molar-refractivity contribution is 7.89. The molecular formula is C30H41N3O5S. The van der Waals surface area contributed by atoms with Gasteiger partial charge < -0.3 is 15.0 Å². The number of amides is 1. The van der Waals surface area contributed by atoms with Gasteiger partial charge in [0.1, 0.15) is 4.90 Å². The molecule has 212 valence electrons. The van der Waals surface area contributed by atoms with Crippen LogP contribution in [0.4, 0.5) is 11.4 Å². The van der Waals surface area contributed by atoms with Gasteiger partial charge in [-0.2, -0.15) is 0 Å². The van der Waals surface area contributed by atoms with E-state index in [9.17, 15) is 18.0 Å². The molecule has 8 nitrogen and oxygen atoms in total. The van der Waals surface area contributed by atoms with Crippen LogP contribution in [0.15, 0.2) is 47.4 Å². The van der Waals surface area contributed by atoms with Gasteiger partial charge in [-0.1, -0.05) is 44.0 Å². The van der Waals surface area contributed by atoms with Crippen molar-refractivity contribution in [2.24, 2.45) is 5.92 Å². The lowest BCUT2D eigenvalue weighted by atomic mass is 9.88. The number of unbranched alkanes of at least 4 members (excludes halogenated alkanes) is 2. The van der Waals surface area contributed by atoms with Gasteiger partial charge in [-0.05, 0) is 74.8 Å². The summed E-state index contributed by atoms with van der Waals surface area (Å²) in [6, 6.07) is 12.8. The molecule has 1 aliphatic heterocycles. The van der Waals surface area contributed by atoms with Crippen LogP contribution in [0.3, 0.4) is 0 Å². The maximum Gasteiger partial charge on any atom is 0.309 e. The number of fused-ring (bicyclic) bond motifs is 1. The monoisotopic (exact) mass is 555 g/mol. The fraction of sp³-hybridized carbons (Fsp3) is 0.533. The van der Waals surface area contributed by atoms with E-state index in [1.54, 1.807) is 25.1 Å². The van der Waals surface area contributed by atoms with Crippen LogP contribution in [0.2, 0.25) is 0 Å². The summed E-state index contributed by atoms with van der Waals surface area (Å²) >= 11 is 0. The fourth-order valence-corrected chi connectivity index (χ4v) is 7.07. The maximum atomic E-state index is 14.0. The summed E-state index contributed by atoms with van der Waals surface area (Å²) in [6.45, 7) is 5.32. The molecule has 39 heavy (non-hydrogen) atoms. The first-order valence-electron chi connectivity index (χ1n) is 14.3. The standard InChI is InChI=1S/C30H41N3O5S/c1-3-5-6-14-29(34)31-24-15-16-27(33-19-17-23(18-20-33)30(35)38-4-2)28(21-24)39(36,37)32-26-13-9-11-22-10-7-8-12-25(22)26/h7-8,10,12,15-16,21,23,26,32H,3-6,9,11,13-14,17-20H2,1-2H3,(H,31,34)/t26-/m1/s1. The number of carbonyl (C=O) groups excluding carboxylic acids is 2. The zero-order valence-electron chi connectivity index (χ0n) is 23.1. The van der Waals surface area contributed by atoms with Gasteiger partial charge in [0.05, 0.1) is 18.2 Å². The van der Waals surface area contributed by atoms with Crippen molar-refractivity contribution in [1.29, 1.82) is 0 Å². The highest BCUT2D eigenvalue weighted by Crippen LogP contribution is 2.35. The lowest BCUT2D eigenvalue weighted by molar-refractivity contribution is -0.148. The van der Waals surface area contributed by atoms with Gasteiger partial charge in [-0.15, -0.1) is 0 Å². The number of benzene rings is 2. The Labute approximate surface area is 232 Å². The quantitative estimate of drug-likeness (QED) is 0.286. The van der Waals surface area contributed by atoms with E-state index in [-0.39, 0.29) is 28.7 Å². The minimum Gasteiger partial charge on any atom is -0.466 e. The smallest absolute Gasteiger partial charge is 0.309 e.